The van der Waals surface area contributed by atoms with Gasteiger partial charge in [0.25, 0.3) is 0 Å². The highest BCUT2D eigenvalue weighted by molar-refractivity contribution is 6.00. The van der Waals surface area contributed by atoms with E-state index in [1.807, 2.05) is 7.05 Å². The molecule has 102 valence electrons. The van der Waals surface area contributed by atoms with Crippen molar-refractivity contribution in [2.24, 2.45) is 0 Å². The van der Waals surface area contributed by atoms with Crippen molar-refractivity contribution in [3.63, 3.8) is 0 Å². The van der Waals surface area contributed by atoms with Crippen LogP contribution in [0.1, 0.15) is 42.7 Å². The van der Waals surface area contributed by atoms with E-state index in [2.05, 4.69) is 30.6 Å². The fourth-order valence-corrected chi connectivity index (χ4v) is 3.46. The van der Waals surface area contributed by atoms with Gasteiger partial charge < -0.3 is 10.2 Å². The highest BCUT2D eigenvalue weighted by Gasteiger charge is 2.26. The number of amides is 1. The van der Waals surface area contributed by atoms with Crippen LogP contribution < -0.4 is 10.2 Å². The van der Waals surface area contributed by atoms with Crippen LogP contribution in [0.2, 0.25) is 0 Å². The Morgan fingerprint density at radius 2 is 1.95 bits per heavy atom. The summed E-state index contributed by atoms with van der Waals surface area (Å²) in [4.78, 5) is 13.5. The summed E-state index contributed by atoms with van der Waals surface area (Å²) in [7, 11) is 3.92. The van der Waals surface area contributed by atoms with E-state index in [0.717, 1.165) is 5.69 Å². The van der Waals surface area contributed by atoms with E-state index in [0.29, 0.717) is 18.4 Å². The third-order valence-electron chi connectivity index (χ3n) is 4.79. The first kappa shape index (κ1) is 12.7. The summed E-state index contributed by atoms with van der Waals surface area (Å²) in [5.74, 6) is 0.891. The molecule has 0 radical (unpaired) electrons. The van der Waals surface area contributed by atoms with E-state index in [1.54, 1.807) is 4.90 Å². The first-order valence-electron chi connectivity index (χ1n) is 7.25. The fourth-order valence-electron chi connectivity index (χ4n) is 3.46. The van der Waals surface area contributed by atoms with Crippen molar-refractivity contribution in [1.29, 1.82) is 0 Å². The van der Waals surface area contributed by atoms with Crippen molar-refractivity contribution in [1.82, 2.24) is 5.32 Å². The van der Waals surface area contributed by atoms with Gasteiger partial charge in [-0.2, -0.15) is 0 Å². The molecule has 2 aliphatic rings. The highest BCUT2D eigenvalue weighted by atomic mass is 16.2. The van der Waals surface area contributed by atoms with Gasteiger partial charge in [0.05, 0.1) is 6.42 Å². The molecule has 0 bridgehead atoms. The minimum Gasteiger partial charge on any atom is -0.317 e. The van der Waals surface area contributed by atoms with Gasteiger partial charge in [-0.15, -0.1) is 0 Å². The molecule has 0 saturated heterocycles. The van der Waals surface area contributed by atoms with E-state index in [9.17, 15) is 4.79 Å². The molecule has 1 amide bonds. The monoisotopic (exact) mass is 258 g/mol. The zero-order valence-corrected chi connectivity index (χ0v) is 11.8. The van der Waals surface area contributed by atoms with Gasteiger partial charge in [-0.1, -0.05) is 12.1 Å². The molecule has 0 atom stereocenters. The molecule has 1 fully saturated rings. The molecule has 0 aromatic heterocycles. The van der Waals surface area contributed by atoms with E-state index in [1.165, 1.54) is 36.8 Å². The molecule has 0 spiro atoms. The topological polar surface area (TPSA) is 32.3 Å². The number of hydrogen-bond acceptors (Lipinski definition) is 2. The molecular weight excluding hydrogens is 236 g/mol. The lowest BCUT2D eigenvalue weighted by atomic mass is 9.81. The van der Waals surface area contributed by atoms with E-state index in [-0.39, 0.29) is 5.91 Å². The lowest BCUT2D eigenvalue weighted by Crippen LogP contribution is -2.29. The Hall–Kier alpha value is -1.35. The number of carbonyl (C=O) groups is 1. The van der Waals surface area contributed by atoms with Gasteiger partial charge in [0, 0.05) is 18.8 Å². The third-order valence-corrected chi connectivity index (χ3v) is 4.79. The van der Waals surface area contributed by atoms with Crippen LogP contribution in [0, 0.1) is 0 Å². The molecule has 1 N–H and O–H groups in total. The molecule has 1 heterocycles. The van der Waals surface area contributed by atoms with Crippen LogP contribution in [-0.2, 0) is 11.2 Å². The molecule has 0 unspecified atom stereocenters. The number of fused-ring (bicyclic) bond motifs is 1. The number of hydrogen-bond donors (Lipinski definition) is 1. The predicted molar refractivity (Wildman–Crippen MR) is 77.6 cm³/mol. The number of likely N-dealkylation sites (N-methyl/N-ethyl adjacent to an activating group) is 1. The second kappa shape index (κ2) is 4.97. The summed E-state index contributed by atoms with van der Waals surface area (Å²) in [6, 6.07) is 7.30. The second-order valence-corrected chi connectivity index (χ2v) is 5.85. The van der Waals surface area contributed by atoms with Crippen LogP contribution in [0.5, 0.6) is 0 Å². The van der Waals surface area contributed by atoms with Crippen LogP contribution >= 0.6 is 0 Å². The van der Waals surface area contributed by atoms with Crippen molar-refractivity contribution >= 4 is 11.6 Å². The standard InChI is InChI=1S/C16H22N2O/c1-17-14-6-3-11(4-7-14)12-5-8-15-13(9-12)10-16(19)18(15)2/h5,8-9,11,14,17H,3-4,6-7,10H2,1-2H3. The summed E-state index contributed by atoms with van der Waals surface area (Å²) in [6.45, 7) is 0. The average molecular weight is 258 g/mol. The van der Waals surface area contributed by atoms with Crippen LogP contribution in [0.15, 0.2) is 18.2 Å². The Bertz CT molecular complexity index is 490. The number of nitrogens with zero attached hydrogens (tertiary/aromatic N) is 1. The van der Waals surface area contributed by atoms with E-state index in [4.69, 9.17) is 0 Å². The van der Waals surface area contributed by atoms with E-state index >= 15 is 0 Å². The molecule has 3 rings (SSSR count). The zero-order chi connectivity index (χ0) is 13.4. The van der Waals surface area contributed by atoms with E-state index < -0.39 is 0 Å². The Kier molecular flexibility index (Phi) is 3.31. The maximum Gasteiger partial charge on any atom is 0.231 e. The summed E-state index contributed by atoms with van der Waals surface area (Å²) in [6.07, 6.45) is 5.61. The van der Waals surface area contributed by atoms with Gasteiger partial charge in [-0.25, -0.2) is 0 Å². The molecular formula is C16H22N2O. The van der Waals surface area contributed by atoms with Crippen LogP contribution in [-0.4, -0.2) is 26.0 Å². The molecule has 3 nitrogen and oxygen atoms in total. The highest BCUT2D eigenvalue weighted by Crippen LogP contribution is 2.36. The van der Waals surface area contributed by atoms with Gasteiger partial charge in [0.2, 0.25) is 5.91 Å². The molecule has 1 aliphatic heterocycles. The van der Waals surface area contributed by atoms with Gasteiger partial charge in [0.15, 0.2) is 0 Å². The molecule has 1 aliphatic carbocycles. The quantitative estimate of drug-likeness (QED) is 0.883. The Morgan fingerprint density at radius 3 is 2.63 bits per heavy atom. The van der Waals surface area contributed by atoms with Crippen molar-refractivity contribution in [2.45, 2.75) is 44.1 Å². The fraction of sp³-hybridized carbons (Fsp3) is 0.562. The summed E-state index contributed by atoms with van der Waals surface area (Å²) >= 11 is 0. The SMILES string of the molecule is CNC1CCC(c2ccc3c(c2)CC(=O)N3C)CC1. The number of carbonyl (C=O) groups excluding carboxylic acids is 1. The van der Waals surface area contributed by atoms with Crippen molar-refractivity contribution < 1.29 is 4.79 Å². The molecule has 1 aromatic rings. The van der Waals surface area contributed by atoms with Gasteiger partial charge in [0.1, 0.15) is 0 Å². The van der Waals surface area contributed by atoms with Gasteiger partial charge in [-0.05, 0) is 55.8 Å². The molecule has 1 aromatic carbocycles. The summed E-state index contributed by atoms with van der Waals surface area (Å²) in [5, 5.41) is 3.38. The van der Waals surface area contributed by atoms with Crippen molar-refractivity contribution in [3.05, 3.63) is 29.3 Å². The first-order chi connectivity index (χ1) is 9.19. The molecule has 3 heteroatoms. The van der Waals surface area contributed by atoms with Crippen LogP contribution in [0.4, 0.5) is 5.69 Å². The minimum absolute atomic E-state index is 0.214. The predicted octanol–water partition coefficient (Wildman–Crippen LogP) is 2.45. The zero-order valence-electron chi connectivity index (χ0n) is 11.8. The number of rotatable bonds is 2. The summed E-state index contributed by atoms with van der Waals surface area (Å²) in [5.41, 5.74) is 3.73. The van der Waals surface area contributed by atoms with Crippen LogP contribution in [0.3, 0.4) is 0 Å². The van der Waals surface area contributed by atoms with Crippen molar-refractivity contribution in [3.8, 4) is 0 Å². The number of nitrogens with one attached hydrogen (secondary N) is 1. The summed E-state index contributed by atoms with van der Waals surface area (Å²) < 4.78 is 0. The van der Waals surface area contributed by atoms with Gasteiger partial charge >= 0.3 is 0 Å². The average Bonchev–Trinajstić information content (AvgIpc) is 2.74. The van der Waals surface area contributed by atoms with Crippen molar-refractivity contribution in [2.75, 3.05) is 19.0 Å². The lowest BCUT2D eigenvalue weighted by molar-refractivity contribution is -0.117. The normalized spacial score (nSPS) is 26.6. The Labute approximate surface area is 115 Å². The maximum atomic E-state index is 11.7. The Balaban J connectivity index is 1.77. The molecule has 1 saturated carbocycles. The number of anilines is 1. The second-order valence-electron chi connectivity index (χ2n) is 5.85. The van der Waals surface area contributed by atoms with Crippen LogP contribution in [0.25, 0.3) is 0 Å². The van der Waals surface area contributed by atoms with Gasteiger partial charge in [-0.3, -0.25) is 4.79 Å². The first-order valence-corrected chi connectivity index (χ1v) is 7.25. The lowest BCUT2D eigenvalue weighted by Gasteiger charge is -2.28. The smallest absolute Gasteiger partial charge is 0.231 e. The maximum absolute atomic E-state index is 11.7. The third kappa shape index (κ3) is 2.27. The minimum atomic E-state index is 0.214. The molecule has 19 heavy (non-hydrogen) atoms. The number of benzene rings is 1. The largest absolute Gasteiger partial charge is 0.317 e. The Morgan fingerprint density at radius 1 is 1.21 bits per heavy atom.